The van der Waals surface area contributed by atoms with Crippen LogP contribution in [0.3, 0.4) is 0 Å². The van der Waals surface area contributed by atoms with E-state index in [9.17, 15) is 14.4 Å². The molecule has 3 N–H and O–H groups in total. The Morgan fingerprint density at radius 2 is 1.72 bits per heavy atom. The summed E-state index contributed by atoms with van der Waals surface area (Å²) in [6.07, 6.45) is -0.524. The summed E-state index contributed by atoms with van der Waals surface area (Å²) >= 11 is 0. The highest BCUT2D eigenvalue weighted by atomic mass is 16.4. The fourth-order valence-corrected chi connectivity index (χ4v) is 1.38. The Labute approximate surface area is 103 Å². The number of anilines is 1. The average molecular weight is 251 g/mol. The van der Waals surface area contributed by atoms with Gasteiger partial charge in [-0.05, 0) is 31.2 Å². The number of Topliss-reactive ketones (excluding diaryl/α,β-unsaturated/α-hetero) is 1. The second kappa shape index (κ2) is 5.81. The highest BCUT2D eigenvalue weighted by Crippen LogP contribution is 2.12. The minimum Gasteiger partial charge on any atom is -0.481 e. The third-order valence-corrected chi connectivity index (χ3v) is 2.31. The average Bonchev–Trinajstić information content (AvgIpc) is 2.28. The standard InChI is InChI=1S/C12H13NO5/c1-7(14)8-2-4-9(5-3-8)13-10(12(17)18)6-11(15)16/h2-5,10,13H,6H2,1H3,(H,15,16)(H,17,18). The topological polar surface area (TPSA) is 104 Å². The molecule has 0 aliphatic heterocycles. The Morgan fingerprint density at radius 3 is 2.11 bits per heavy atom. The summed E-state index contributed by atoms with van der Waals surface area (Å²) in [6, 6.07) is 4.96. The van der Waals surface area contributed by atoms with Crippen LogP contribution in [0.5, 0.6) is 0 Å². The van der Waals surface area contributed by atoms with Crippen molar-refractivity contribution in [2.75, 3.05) is 5.32 Å². The number of carboxylic acids is 2. The quantitative estimate of drug-likeness (QED) is 0.657. The molecule has 0 aliphatic rings. The molecule has 1 aromatic carbocycles. The Bertz CT molecular complexity index is 466. The third kappa shape index (κ3) is 3.89. The van der Waals surface area contributed by atoms with Crippen molar-refractivity contribution in [2.45, 2.75) is 19.4 Å². The maximum atomic E-state index is 11.0. The molecule has 0 saturated carbocycles. The zero-order valence-corrected chi connectivity index (χ0v) is 9.71. The third-order valence-electron chi connectivity index (χ3n) is 2.31. The Morgan fingerprint density at radius 1 is 1.17 bits per heavy atom. The second-order valence-corrected chi connectivity index (χ2v) is 3.77. The molecule has 6 nitrogen and oxygen atoms in total. The zero-order chi connectivity index (χ0) is 13.7. The first-order valence-corrected chi connectivity index (χ1v) is 5.22. The number of carboxylic acid groups (broad SMARTS) is 2. The van der Waals surface area contributed by atoms with Crippen molar-refractivity contribution < 1.29 is 24.6 Å². The molecule has 0 radical (unpaired) electrons. The maximum absolute atomic E-state index is 11.0. The van der Waals surface area contributed by atoms with Crippen LogP contribution in [0.25, 0.3) is 0 Å². The minimum absolute atomic E-state index is 0.0955. The smallest absolute Gasteiger partial charge is 0.326 e. The lowest BCUT2D eigenvalue weighted by atomic mass is 10.1. The summed E-state index contributed by atoms with van der Waals surface area (Å²) in [7, 11) is 0. The molecule has 0 fully saturated rings. The number of carbonyl (C=O) groups is 3. The van der Waals surface area contributed by atoms with Crippen LogP contribution in [0.1, 0.15) is 23.7 Å². The van der Waals surface area contributed by atoms with Gasteiger partial charge in [0.1, 0.15) is 6.04 Å². The Kier molecular flexibility index (Phi) is 4.42. The lowest BCUT2D eigenvalue weighted by Gasteiger charge is -2.13. The first-order valence-electron chi connectivity index (χ1n) is 5.22. The molecule has 1 rings (SSSR count). The molecule has 0 aliphatic carbocycles. The number of carbonyl (C=O) groups excluding carboxylic acids is 1. The van der Waals surface area contributed by atoms with E-state index in [0.29, 0.717) is 11.3 Å². The fourth-order valence-electron chi connectivity index (χ4n) is 1.38. The van der Waals surface area contributed by atoms with Crippen molar-refractivity contribution in [2.24, 2.45) is 0 Å². The summed E-state index contributed by atoms with van der Waals surface area (Å²) < 4.78 is 0. The summed E-state index contributed by atoms with van der Waals surface area (Å²) in [5, 5.41) is 20.0. The van der Waals surface area contributed by atoms with Crippen LogP contribution in [0.4, 0.5) is 5.69 Å². The van der Waals surface area contributed by atoms with Crippen LogP contribution in [-0.4, -0.2) is 34.0 Å². The van der Waals surface area contributed by atoms with E-state index in [1.807, 2.05) is 0 Å². The zero-order valence-electron chi connectivity index (χ0n) is 9.71. The number of hydrogen-bond acceptors (Lipinski definition) is 4. The van der Waals surface area contributed by atoms with Crippen LogP contribution in [0.2, 0.25) is 0 Å². The molecule has 0 saturated heterocycles. The molecule has 96 valence electrons. The van der Waals surface area contributed by atoms with Gasteiger partial charge in [0.2, 0.25) is 0 Å². The minimum atomic E-state index is -1.24. The van der Waals surface area contributed by atoms with Crippen molar-refractivity contribution in [1.29, 1.82) is 0 Å². The summed E-state index contributed by atoms with van der Waals surface area (Å²) in [6.45, 7) is 1.42. The number of rotatable bonds is 6. The van der Waals surface area contributed by atoms with Gasteiger partial charge in [-0.25, -0.2) is 4.79 Å². The van der Waals surface area contributed by atoms with E-state index in [0.717, 1.165) is 0 Å². The molecular formula is C12H13NO5. The molecule has 0 spiro atoms. The van der Waals surface area contributed by atoms with E-state index in [1.165, 1.54) is 19.1 Å². The second-order valence-electron chi connectivity index (χ2n) is 3.77. The largest absolute Gasteiger partial charge is 0.481 e. The van der Waals surface area contributed by atoms with E-state index in [2.05, 4.69) is 5.32 Å². The van der Waals surface area contributed by atoms with E-state index in [4.69, 9.17) is 10.2 Å². The van der Waals surface area contributed by atoms with Crippen molar-refractivity contribution in [3.63, 3.8) is 0 Å². The van der Waals surface area contributed by atoms with Crippen LogP contribution in [0.15, 0.2) is 24.3 Å². The SMILES string of the molecule is CC(=O)c1ccc(NC(CC(=O)O)C(=O)O)cc1. The van der Waals surface area contributed by atoms with Crippen molar-refractivity contribution >= 4 is 23.4 Å². The van der Waals surface area contributed by atoms with E-state index >= 15 is 0 Å². The van der Waals surface area contributed by atoms with Crippen LogP contribution in [-0.2, 0) is 9.59 Å². The molecule has 18 heavy (non-hydrogen) atoms. The van der Waals surface area contributed by atoms with Crippen LogP contribution < -0.4 is 5.32 Å². The van der Waals surface area contributed by atoms with Crippen LogP contribution >= 0.6 is 0 Å². The van der Waals surface area contributed by atoms with E-state index in [-0.39, 0.29) is 5.78 Å². The predicted octanol–water partition coefficient (Wildman–Crippen LogP) is 1.23. The van der Waals surface area contributed by atoms with Gasteiger partial charge in [0.25, 0.3) is 0 Å². The monoisotopic (exact) mass is 251 g/mol. The van der Waals surface area contributed by atoms with Gasteiger partial charge in [-0.2, -0.15) is 0 Å². The van der Waals surface area contributed by atoms with Gasteiger partial charge in [-0.3, -0.25) is 9.59 Å². The molecule has 0 heterocycles. The van der Waals surface area contributed by atoms with Gasteiger partial charge in [0.05, 0.1) is 6.42 Å². The normalized spacial score (nSPS) is 11.6. The molecule has 6 heteroatoms. The van der Waals surface area contributed by atoms with Gasteiger partial charge in [0.15, 0.2) is 5.78 Å². The van der Waals surface area contributed by atoms with E-state index < -0.39 is 24.4 Å². The molecule has 0 aromatic heterocycles. The van der Waals surface area contributed by atoms with Gasteiger partial charge in [-0.15, -0.1) is 0 Å². The van der Waals surface area contributed by atoms with Crippen LogP contribution in [0, 0.1) is 0 Å². The molecule has 0 amide bonds. The maximum Gasteiger partial charge on any atom is 0.326 e. The number of aliphatic carboxylic acids is 2. The highest BCUT2D eigenvalue weighted by molar-refractivity contribution is 5.94. The van der Waals surface area contributed by atoms with Gasteiger partial charge in [0, 0.05) is 11.3 Å². The van der Waals surface area contributed by atoms with Gasteiger partial charge in [-0.1, -0.05) is 0 Å². The summed E-state index contributed by atoms with van der Waals surface area (Å²) in [5.74, 6) is -2.54. The van der Waals surface area contributed by atoms with Gasteiger partial charge >= 0.3 is 11.9 Å². The summed E-state index contributed by atoms with van der Waals surface area (Å²) in [5.41, 5.74) is 0.958. The fraction of sp³-hybridized carbons (Fsp3) is 0.250. The van der Waals surface area contributed by atoms with Crippen molar-refractivity contribution in [3.05, 3.63) is 29.8 Å². The Hall–Kier alpha value is -2.37. The molecule has 1 atom stereocenters. The number of ketones is 1. The highest BCUT2D eigenvalue weighted by Gasteiger charge is 2.20. The van der Waals surface area contributed by atoms with E-state index in [1.54, 1.807) is 12.1 Å². The lowest BCUT2D eigenvalue weighted by Crippen LogP contribution is -2.31. The molecule has 1 unspecified atom stereocenters. The number of nitrogens with one attached hydrogen (secondary N) is 1. The first kappa shape index (κ1) is 13.7. The molecule has 1 aromatic rings. The number of hydrogen-bond donors (Lipinski definition) is 3. The molecular weight excluding hydrogens is 238 g/mol. The predicted molar refractivity (Wildman–Crippen MR) is 63.7 cm³/mol. The lowest BCUT2D eigenvalue weighted by molar-refractivity contribution is -0.144. The first-order chi connectivity index (χ1) is 8.40. The number of benzene rings is 1. The molecule has 0 bridgehead atoms. The Balaban J connectivity index is 2.78. The van der Waals surface area contributed by atoms with Crippen molar-refractivity contribution in [1.82, 2.24) is 0 Å². The van der Waals surface area contributed by atoms with Gasteiger partial charge < -0.3 is 15.5 Å². The van der Waals surface area contributed by atoms with Crippen molar-refractivity contribution in [3.8, 4) is 0 Å². The summed E-state index contributed by atoms with van der Waals surface area (Å²) in [4.78, 5) is 32.4.